The molecule has 0 fully saturated rings. The predicted octanol–water partition coefficient (Wildman–Crippen LogP) is 6.58. The van der Waals surface area contributed by atoms with Crippen LogP contribution in [0.2, 0.25) is 0 Å². The molecule has 0 bridgehead atoms. The molecule has 5 heteroatoms. The maximum absolute atomic E-state index is 11.6. The van der Waals surface area contributed by atoms with Crippen molar-refractivity contribution in [3.63, 3.8) is 0 Å². The van der Waals surface area contributed by atoms with Gasteiger partial charge in [0.1, 0.15) is 12.4 Å². The van der Waals surface area contributed by atoms with E-state index in [1.54, 1.807) is 13.0 Å². The van der Waals surface area contributed by atoms with Gasteiger partial charge in [-0.1, -0.05) is 38.3 Å². The van der Waals surface area contributed by atoms with Gasteiger partial charge in [-0.15, -0.1) is 11.6 Å². The van der Waals surface area contributed by atoms with Crippen LogP contribution in [-0.4, -0.2) is 30.8 Å². The van der Waals surface area contributed by atoms with E-state index >= 15 is 0 Å². The minimum absolute atomic E-state index is 0.196. The molecule has 1 atom stereocenters. The number of rotatable bonds is 12. The van der Waals surface area contributed by atoms with Crippen LogP contribution in [0.15, 0.2) is 59.6 Å². The molecule has 0 saturated carbocycles. The molecule has 2 rings (SSSR count). The number of benzene rings is 2. The van der Waals surface area contributed by atoms with Crippen molar-refractivity contribution < 1.29 is 14.3 Å². The zero-order chi connectivity index (χ0) is 21.6. The lowest BCUT2D eigenvalue weighted by Crippen LogP contribution is -2.09. The van der Waals surface area contributed by atoms with Gasteiger partial charge in [0.15, 0.2) is 0 Å². The number of halogens is 1. The monoisotopic (exact) mass is 427 g/mol. The van der Waals surface area contributed by atoms with E-state index in [4.69, 9.17) is 21.1 Å². The molecule has 0 aromatic heterocycles. The van der Waals surface area contributed by atoms with Crippen molar-refractivity contribution in [1.82, 2.24) is 0 Å². The Hall–Kier alpha value is -2.59. The largest absolute Gasteiger partial charge is 0.494 e. The van der Waals surface area contributed by atoms with Gasteiger partial charge in [-0.2, -0.15) is 0 Å². The molecule has 4 nitrogen and oxygen atoms in total. The summed E-state index contributed by atoms with van der Waals surface area (Å²) in [4.78, 5) is 16.1. The van der Waals surface area contributed by atoms with Crippen molar-refractivity contribution in [2.75, 3.05) is 13.2 Å². The second-order valence-corrected chi connectivity index (χ2v) is 7.82. The molecule has 0 radical (unpaired) electrons. The molecule has 0 amide bonds. The number of esters is 1. The molecular weight excluding hydrogens is 398 g/mol. The van der Waals surface area contributed by atoms with Crippen LogP contribution in [0.3, 0.4) is 0 Å². The van der Waals surface area contributed by atoms with Crippen LogP contribution in [0, 0.1) is 0 Å². The van der Waals surface area contributed by atoms with Crippen LogP contribution < -0.4 is 4.74 Å². The Labute approximate surface area is 184 Å². The number of alkyl halides is 1. The van der Waals surface area contributed by atoms with E-state index in [0.29, 0.717) is 0 Å². The van der Waals surface area contributed by atoms with Crippen LogP contribution >= 0.6 is 11.6 Å². The SMILES string of the molecule is CCCCCCOc1ccc(C=Nc2ccc(C=CC(=O)OCC(C)Cl)cc2)cc1. The van der Waals surface area contributed by atoms with E-state index in [0.717, 1.165) is 35.6 Å². The fraction of sp³-hybridized carbons (Fsp3) is 0.360. The average Bonchev–Trinajstić information content (AvgIpc) is 2.76. The van der Waals surface area contributed by atoms with E-state index < -0.39 is 5.97 Å². The number of hydrogen-bond acceptors (Lipinski definition) is 4. The molecule has 1 unspecified atom stereocenters. The molecule has 2 aromatic carbocycles. The molecule has 30 heavy (non-hydrogen) atoms. The molecule has 0 spiro atoms. The van der Waals surface area contributed by atoms with Crippen molar-refractivity contribution >= 4 is 35.5 Å². The van der Waals surface area contributed by atoms with Crippen LogP contribution in [0.25, 0.3) is 6.08 Å². The van der Waals surface area contributed by atoms with Crippen LogP contribution in [0.1, 0.15) is 50.7 Å². The molecule has 160 valence electrons. The lowest BCUT2D eigenvalue weighted by molar-refractivity contribution is -0.137. The van der Waals surface area contributed by atoms with Gasteiger partial charge in [0, 0.05) is 12.3 Å². The van der Waals surface area contributed by atoms with Crippen molar-refractivity contribution in [3.05, 3.63) is 65.7 Å². The number of carbonyl (C=O) groups is 1. The number of carbonyl (C=O) groups excluding carboxylic acids is 1. The first-order valence-corrected chi connectivity index (χ1v) is 10.9. The molecule has 0 aliphatic carbocycles. The van der Waals surface area contributed by atoms with Gasteiger partial charge in [-0.3, -0.25) is 4.99 Å². The average molecular weight is 428 g/mol. The van der Waals surface area contributed by atoms with Crippen LogP contribution in [0.4, 0.5) is 5.69 Å². The molecule has 2 aromatic rings. The molecule has 0 aliphatic heterocycles. The Morgan fingerprint density at radius 2 is 1.73 bits per heavy atom. The smallest absolute Gasteiger partial charge is 0.330 e. The summed E-state index contributed by atoms with van der Waals surface area (Å²) in [6, 6.07) is 15.5. The van der Waals surface area contributed by atoms with Gasteiger partial charge >= 0.3 is 5.97 Å². The van der Waals surface area contributed by atoms with Gasteiger partial charge in [0.25, 0.3) is 0 Å². The Morgan fingerprint density at radius 3 is 2.40 bits per heavy atom. The van der Waals surface area contributed by atoms with Gasteiger partial charge in [-0.25, -0.2) is 4.79 Å². The van der Waals surface area contributed by atoms with E-state index in [-0.39, 0.29) is 12.0 Å². The first-order chi connectivity index (χ1) is 14.6. The standard InChI is InChI=1S/C25H30ClNO3/c1-3-4-5-6-17-29-24-14-9-22(10-15-24)18-27-23-12-7-21(8-13-23)11-16-25(28)30-19-20(2)26/h7-16,18,20H,3-6,17,19H2,1-2H3. The molecule has 0 heterocycles. The number of ether oxygens (including phenoxy) is 2. The van der Waals surface area contributed by atoms with Crippen molar-refractivity contribution in [3.8, 4) is 5.75 Å². The van der Waals surface area contributed by atoms with Crippen molar-refractivity contribution in [1.29, 1.82) is 0 Å². The Morgan fingerprint density at radius 1 is 1.03 bits per heavy atom. The first-order valence-electron chi connectivity index (χ1n) is 10.4. The fourth-order valence-corrected chi connectivity index (χ4v) is 2.66. The third kappa shape index (κ3) is 9.75. The summed E-state index contributed by atoms with van der Waals surface area (Å²) in [6.07, 6.45) is 9.72. The summed E-state index contributed by atoms with van der Waals surface area (Å²) in [5.41, 5.74) is 2.74. The zero-order valence-corrected chi connectivity index (χ0v) is 18.5. The Bertz CT molecular complexity index is 811. The second-order valence-electron chi connectivity index (χ2n) is 7.07. The molecule has 0 saturated heterocycles. The van der Waals surface area contributed by atoms with E-state index in [2.05, 4.69) is 11.9 Å². The second kappa shape index (κ2) is 13.6. The molecular formula is C25H30ClNO3. The van der Waals surface area contributed by atoms with Crippen LogP contribution in [-0.2, 0) is 9.53 Å². The predicted molar refractivity (Wildman–Crippen MR) is 125 cm³/mol. The number of nitrogens with zero attached hydrogens (tertiary/aromatic N) is 1. The highest BCUT2D eigenvalue weighted by atomic mass is 35.5. The summed E-state index contributed by atoms with van der Waals surface area (Å²) in [6.45, 7) is 4.94. The summed E-state index contributed by atoms with van der Waals surface area (Å²) in [5.74, 6) is 0.483. The summed E-state index contributed by atoms with van der Waals surface area (Å²) >= 11 is 5.75. The van der Waals surface area contributed by atoms with Gasteiger partial charge in [0.2, 0.25) is 0 Å². The minimum atomic E-state index is -0.405. The van der Waals surface area contributed by atoms with E-state index in [9.17, 15) is 4.79 Å². The lowest BCUT2D eigenvalue weighted by Gasteiger charge is -2.05. The Kier molecular flexibility index (Phi) is 10.7. The molecule has 0 aliphatic rings. The highest BCUT2D eigenvalue weighted by Gasteiger charge is 2.01. The maximum Gasteiger partial charge on any atom is 0.330 e. The van der Waals surface area contributed by atoms with Crippen molar-refractivity contribution in [2.45, 2.75) is 44.9 Å². The summed E-state index contributed by atoms with van der Waals surface area (Å²) < 4.78 is 10.8. The summed E-state index contributed by atoms with van der Waals surface area (Å²) in [7, 11) is 0. The van der Waals surface area contributed by atoms with E-state index in [1.165, 1.54) is 25.3 Å². The maximum atomic E-state index is 11.6. The van der Waals surface area contributed by atoms with E-state index in [1.807, 2.05) is 54.7 Å². The quantitative estimate of drug-likeness (QED) is 0.126. The number of aliphatic imine (C=N–C) groups is 1. The number of unbranched alkanes of at least 4 members (excludes halogenated alkanes) is 3. The Balaban J connectivity index is 1.81. The topological polar surface area (TPSA) is 47.9 Å². The first kappa shape index (κ1) is 23.7. The van der Waals surface area contributed by atoms with Crippen molar-refractivity contribution in [2.24, 2.45) is 4.99 Å². The third-order valence-electron chi connectivity index (χ3n) is 4.27. The fourth-order valence-electron chi connectivity index (χ4n) is 2.60. The highest BCUT2D eigenvalue weighted by Crippen LogP contribution is 2.16. The zero-order valence-electron chi connectivity index (χ0n) is 17.7. The lowest BCUT2D eigenvalue weighted by atomic mass is 10.2. The normalized spacial score (nSPS) is 12.4. The minimum Gasteiger partial charge on any atom is -0.494 e. The van der Waals surface area contributed by atoms with Gasteiger partial charge in [-0.05, 0) is 66.9 Å². The molecule has 0 N–H and O–H groups in total. The summed E-state index contributed by atoms with van der Waals surface area (Å²) in [5, 5.41) is -0.196. The van der Waals surface area contributed by atoms with Gasteiger partial charge in [0.05, 0.1) is 17.7 Å². The number of hydrogen-bond donors (Lipinski definition) is 0. The van der Waals surface area contributed by atoms with Gasteiger partial charge < -0.3 is 9.47 Å². The highest BCUT2D eigenvalue weighted by molar-refractivity contribution is 6.20. The third-order valence-corrected chi connectivity index (χ3v) is 4.40. The van der Waals surface area contributed by atoms with Crippen LogP contribution in [0.5, 0.6) is 5.75 Å².